The van der Waals surface area contributed by atoms with Gasteiger partial charge >= 0.3 is 0 Å². The molecule has 1 aromatic heterocycles. The maximum Gasteiger partial charge on any atom is 0.234 e. The Morgan fingerprint density at radius 1 is 1.53 bits per heavy atom. The second-order valence-electron chi connectivity index (χ2n) is 3.68. The molecular formula is C10H12FN3O. The average Bonchev–Trinajstić information content (AvgIpc) is 2.67. The molecule has 1 aliphatic rings. The van der Waals surface area contributed by atoms with Crippen molar-refractivity contribution in [3.8, 4) is 0 Å². The smallest absolute Gasteiger partial charge is 0.234 e. The van der Waals surface area contributed by atoms with Crippen LogP contribution < -0.4 is 0 Å². The summed E-state index contributed by atoms with van der Waals surface area (Å²) >= 11 is 0. The van der Waals surface area contributed by atoms with Crippen molar-refractivity contribution in [2.45, 2.75) is 19.3 Å². The summed E-state index contributed by atoms with van der Waals surface area (Å²) < 4.78 is 13.3. The third kappa shape index (κ3) is 1.95. The largest absolute Gasteiger partial charge is 0.342 e. The Morgan fingerprint density at radius 3 is 2.87 bits per heavy atom. The molecule has 15 heavy (non-hydrogen) atoms. The molecule has 0 spiro atoms. The summed E-state index contributed by atoms with van der Waals surface area (Å²) in [5.74, 6) is -0.502. The van der Waals surface area contributed by atoms with Crippen LogP contribution in [0.25, 0.3) is 0 Å². The molecule has 1 unspecified atom stereocenters. The van der Waals surface area contributed by atoms with Gasteiger partial charge in [-0.1, -0.05) is 0 Å². The summed E-state index contributed by atoms with van der Waals surface area (Å²) in [6.45, 7) is 2.75. The van der Waals surface area contributed by atoms with Crippen LogP contribution in [0.15, 0.2) is 12.4 Å². The van der Waals surface area contributed by atoms with Gasteiger partial charge in [0.05, 0.1) is 0 Å². The van der Waals surface area contributed by atoms with Gasteiger partial charge in [-0.05, 0) is 6.42 Å². The predicted octanol–water partition coefficient (Wildman–Crippen LogP) is 0.951. The summed E-state index contributed by atoms with van der Waals surface area (Å²) in [7, 11) is 0. The van der Waals surface area contributed by atoms with Crippen LogP contribution >= 0.6 is 0 Å². The number of amides is 1. The number of halogens is 1. The molecule has 0 saturated carbocycles. The number of likely N-dealkylation sites (tertiary alicyclic amines) is 1. The Kier molecular flexibility index (Phi) is 2.62. The molecule has 5 heteroatoms. The SMILES string of the molecule is CC(=O)N1CCC(c2nccnc2F)C1. The molecule has 2 rings (SSSR count). The van der Waals surface area contributed by atoms with Gasteiger partial charge in [-0.2, -0.15) is 4.39 Å². The molecule has 1 saturated heterocycles. The number of rotatable bonds is 1. The van der Waals surface area contributed by atoms with Crippen molar-refractivity contribution in [2.24, 2.45) is 0 Å². The number of carbonyl (C=O) groups is 1. The van der Waals surface area contributed by atoms with Crippen molar-refractivity contribution >= 4 is 5.91 Å². The molecule has 0 radical (unpaired) electrons. The zero-order valence-electron chi connectivity index (χ0n) is 8.48. The third-order valence-corrected chi connectivity index (χ3v) is 2.70. The molecule has 1 atom stereocenters. The van der Waals surface area contributed by atoms with Crippen molar-refractivity contribution in [3.05, 3.63) is 24.0 Å². The van der Waals surface area contributed by atoms with Crippen LogP contribution in [-0.4, -0.2) is 33.9 Å². The van der Waals surface area contributed by atoms with Gasteiger partial charge in [0.2, 0.25) is 11.9 Å². The van der Waals surface area contributed by atoms with Crippen LogP contribution in [-0.2, 0) is 4.79 Å². The fourth-order valence-corrected chi connectivity index (χ4v) is 1.88. The molecule has 1 fully saturated rings. The van der Waals surface area contributed by atoms with Gasteiger partial charge in [-0.15, -0.1) is 0 Å². The van der Waals surface area contributed by atoms with E-state index >= 15 is 0 Å². The van der Waals surface area contributed by atoms with E-state index in [2.05, 4.69) is 9.97 Å². The van der Waals surface area contributed by atoms with Gasteiger partial charge in [0, 0.05) is 38.3 Å². The van der Waals surface area contributed by atoms with Gasteiger partial charge in [-0.25, -0.2) is 4.98 Å². The summed E-state index contributed by atoms with van der Waals surface area (Å²) in [6.07, 6.45) is 3.57. The highest BCUT2D eigenvalue weighted by molar-refractivity contribution is 5.73. The predicted molar refractivity (Wildman–Crippen MR) is 51.6 cm³/mol. The monoisotopic (exact) mass is 209 g/mol. The highest BCUT2D eigenvalue weighted by Crippen LogP contribution is 2.26. The fourth-order valence-electron chi connectivity index (χ4n) is 1.88. The zero-order valence-corrected chi connectivity index (χ0v) is 8.48. The molecule has 4 nitrogen and oxygen atoms in total. The van der Waals surface area contributed by atoms with Crippen molar-refractivity contribution in [1.82, 2.24) is 14.9 Å². The summed E-state index contributed by atoms with van der Waals surface area (Å²) in [5.41, 5.74) is 0.376. The highest BCUT2D eigenvalue weighted by Gasteiger charge is 2.28. The number of hydrogen-bond donors (Lipinski definition) is 0. The number of hydrogen-bond acceptors (Lipinski definition) is 3. The molecule has 0 aliphatic carbocycles. The van der Waals surface area contributed by atoms with Crippen LogP contribution in [0.5, 0.6) is 0 Å². The Hall–Kier alpha value is -1.52. The number of carbonyl (C=O) groups excluding carboxylic acids is 1. The van der Waals surface area contributed by atoms with Crippen LogP contribution in [0.1, 0.15) is 25.0 Å². The second-order valence-corrected chi connectivity index (χ2v) is 3.68. The maximum absolute atomic E-state index is 13.3. The second kappa shape index (κ2) is 3.92. The van der Waals surface area contributed by atoms with E-state index in [1.165, 1.54) is 19.3 Å². The van der Waals surface area contributed by atoms with Crippen LogP contribution in [0.4, 0.5) is 4.39 Å². The van der Waals surface area contributed by atoms with Gasteiger partial charge in [0.25, 0.3) is 0 Å². The van der Waals surface area contributed by atoms with Crippen molar-refractivity contribution in [1.29, 1.82) is 0 Å². The van der Waals surface area contributed by atoms with E-state index in [0.29, 0.717) is 18.8 Å². The molecule has 1 aromatic rings. The molecule has 2 heterocycles. The van der Waals surface area contributed by atoms with Gasteiger partial charge in [0.15, 0.2) is 0 Å². The Bertz CT molecular complexity index is 383. The third-order valence-electron chi connectivity index (χ3n) is 2.70. The molecular weight excluding hydrogens is 197 g/mol. The normalized spacial score (nSPS) is 20.7. The van der Waals surface area contributed by atoms with Crippen molar-refractivity contribution in [2.75, 3.05) is 13.1 Å². The molecule has 0 aromatic carbocycles. The van der Waals surface area contributed by atoms with E-state index < -0.39 is 5.95 Å². The van der Waals surface area contributed by atoms with Gasteiger partial charge < -0.3 is 4.90 Å². The highest BCUT2D eigenvalue weighted by atomic mass is 19.1. The number of aromatic nitrogens is 2. The quantitative estimate of drug-likeness (QED) is 0.691. The lowest BCUT2D eigenvalue weighted by Crippen LogP contribution is -2.25. The maximum atomic E-state index is 13.3. The summed E-state index contributed by atoms with van der Waals surface area (Å²) in [4.78, 5) is 20.4. The van der Waals surface area contributed by atoms with E-state index in [9.17, 15) is 9.18 Å². The molecule has 80 valence electrons. The Morgan fingerprint density at radius 2 is 2.27 bits per heavy atom. The minimum atomic E-state index is -0.520. The lowest BCUT2D eigenvalue weighted by molar-refractivity contribution is -0.127. The van der Waals surface area contributed by atoms with Crippen LogP contribution in [0.2, 0.25) is 0 Å². The lowest BCUT2D eigenvalue weighted by atomic mass is 10.1. The average molecular weight is 209 g/mol. The summed E-state index contributed by atoms with van der Waals surface area (Å²) in [5, 5.41) is 0. The zero-order chi connectivity index (χ0) is 10.8. The van der Waals surface area contributed by atoms with Crippen LogP contribution in [0, 0.1) is 5.95 Å². The topological polar surface area (TPSA) is 46.1 Å². The molecule has 0 bridgehead atoms. The fraction of sp³-hybridized carbons (Fsp3) is 0.500. The lowest BCUT2D eigenvalue weighted by Gasteiger charge is -2.13. The minimum absolute atomic E-state index is 0.0115. The van der Waals surface area contributed by atoms with E-state index in [1.807, 2.05) is 0 Å². The molecule has 1 aliphatic heterocycles. The first-order chi connectivity index (χ1) is 7.18. The first-order valence-electron chi connectivity index (χ1n) is 4.90. The Labute approximate surface area is 87.1 Å². The molecule has 1 amide bonds. The standard InChI is InChI=1S/C10H12FN3O/c1-7(15)14-5-2-8(6-14)9-10(11)13-4-3-12-9/h3-4,8H,2,5-6H2,1H3. The number of nitrogens with zero attached hydrogens (tertiary/aromatic N) is 3. The van der Waals surface area contributed by atoms with E-state index in [1.54, 1.807) is 4.90 Å². The first-order valence-corrected chi connectivity index (χ1v) is 4.90. The van der Waals surface area contributed by atoms with E-state index in [0.717, 1.165) is 6.42 Å². The Balaban J connectivity index is 2.14. The summed E-state index contributed by atoms with van der Waals surface area (Å²) in [6, 6.07) is 0. The van der Waals surface area contributed by atoms with E-state index in [-0.39, 0.29) is 11.8 Å². The molecule has 0 N–H and O–H groups in total. The van der Waals surface area contributed by atoms with Crippen molar-refractivity contribution < 1.29 is 9.18 Å². The van der Waals surface area contributed by atoms with Crippen molar-refractivity contribution in [3.63, 3.8) is 0 Å². The van der Waals surface area contributed by atoms with Gasteiger partial charge in [-0.3, -0.25) is 9.78 Å². The first kappa shape index (κ1) is 10.0. The van der Waals surface area contributed by atoms with Crippen LogP contribution in [0.3, 0.4) is 0 Å². The van der Waals surface area contributed by atoms with E-state index in [4.69, 9.17) is 0 Å². The minimum Gasteiger partial charge on any atom is -0.342 e. The van der Waals surface area contributed by atoms with Gasteiger partial charge in [0.1, 0.15) is 5.69 Å².